The molecule has 1 amide bonds. The average Bonchev–Trinajstić information content (AvgIpc) is 3.02. The van der Waals surface area contributed by atoms with Crippen molar-refractivity contribution in [3.05, 3.63) is 60.1 Å². The first-order valence-corrected chi connectivity index (χ1v) is 8.32. The standard InChI is InChI=1S/C19H14ClN5O/c1-11(26)24-16-9-12(6-8-21-16)18-17(13-4-5-15(20)23-10-13)19-14(25-18)3-2-7-22-19/h2-10,25H,1H3,(H,21,24,26). The second-order valence-corrected chi connectivity index (χ2v) is 6.14. The highest BCUT2D eigenvalue weighted by atomic mass is 35.5. The number of carbonyl (C=O) groups excluding carboxylic acids is 1. The maximum atomic E-state index is 11.3. The van der Waals surface area contributed by atoms with Gasteiger partial charge in [0.25, 0.3) is 0 Å². The van der Waals surface area contributed by atoms with Gasteiger partial charge in [0.1, 0.15) is 11.0 Å². The van der Waals surface area contributed by atoms with Crippen molar-refractivity contribution in [1.82, 2.24) is 19.9 Å². The van der Waals surface area contributed by atoms with Gasteiger partial charge in [-0.1, -0.05) is 11.6 Å². The fourth-order valence-electron chi connectivity index (χ4n) is 2.88. The maximum absolute atomic E-state index is 11.3. The topological polar surface area (TPSA) is 83.6 Å². The highest BCUT2D eigenvalue weighted by Crippen LogP contribution is 2.37. The highest BCUT2D eigenvalue weighted by Gasteiger charge is 2.17. The van der Waals surface area contributed by atoms with E-state index in [4.69, 9.17) is 11.6 Å². The van der Waals surface area contributed by atoms with Crippen LogP contribution in [0, 0.1) is 0 Å². The Labute approximate surface area is 154 Å². The Morgan fingerprint density at radius 2 is 1.96 bits per heavy atom. The summed E-state index contributed by atoms with van der Waals surface area (Å²) in [6, 6.07) is 11.2. The van der Waals surface area contributed by atoms with E-state index in [9.17, 15) is 4.79 Å². The molecule has 6 nitrogen and oxygen atoms in total. The van der Waals surface area contributed by atoms with Crippen molar-refractivity contribution in [1.29, 1.82) is 0 Å². The number of H-pyrrole nitrogens is 1. The number of nitrogens with zero attached hydrogens (tertiary/aromatic N) is 3. The molecule has 0 fully saturated rings. The summed E-state index contributed by atoms with van der Waals surface area (Å²) in [5, 5.41) is 3.14. The van der Waals surface area contributed by atoms with E-state index in [0.717, 1.165) is 33.4 Å². The third-order valence-corrected chi connectivity index (χ3v) is 4.15. The summed E-state index contributed by atoms with van der Waals surface area (Å²) >= 11 is 5.93. The number of anilines is 1. The number of halogens is 1. The molecular weight excluding hydrogens is 350 g/mol. The number of aromatic nitrogens is 4. The molecule has 128 valence electrons. The van der Waals surface area contributed by atoms with Gasteiger partial charge < -0.3 is 10.3 Å². The van der Waals surface area contributed by atoms with Crippen LogP contribution >= 0.6 is 11.6 Å². The van der Waals surface area contributed by atoms with E-state index >= 15 is 0 Å². The van der Waals surface area contributed by atoms with Gasteiger partial charge in [-0.15, -0.1) is 0 Å². The van der Waals surface area contributed by atoms with Crippen LogP contribution in [0.3, 0.4) is 0 Å². The number of carbonyl (C=O) groups is 1. The van der Waals surface area contributed by atoms with Crippen molar-refractivity contribution >= 4 is 34.4 Å². The molecule has 0 aromatic carbocycles. The van der Waals surface area contributed by atoms with E-state index in [1.165, 1.54) is 6.92 Å². The zero-order valence-corrected chi connectivity index (χ0v) is 14.6. The van der Waals surface area contributed by atoms with E-state index in [-0.39, 0.29) is 5.91 Å². The molecule has 26 heavy (non-hydrogen) atoms. The third-order valence-electron chi connectivity index (χ3n) is 3.92. The fraction of sp³-hybridized carbons (Fsp3) is 0.0526. The number of pyridine rings is 3. The van der Waals surface area contributed by atoms with Crippen molar-refractivity contribution in [2.24, 2.45) is 0 Å². The predicted octanol–water partition coefficient (Wildman–Crippen LogP) is 4.30. The lowest BCUT2D eigenvalue weighted by molar-refractivity contribution is -0.114. The van der Waals surface area contributed by atoms with Crippen molar-refractivity contribution in [2.45, 2.75) is 6.92 Å². The van der Waals surface area contributed by atoms with Crippen molar-refractivity contribution in [2.75, 3.05) is 5.32 Å². The van der Waals surface area contributed by atoms with Crippen LogP contribution in [0.25, 0.3) is 33.4 Å². The summed E-state index contributed by atoms with van der Waals surface area (Å²) in [6.45, 7) is 1.45. The lowest BCUT2D eigenvalue weighted by Gasteiger charge is -2.07. The normalized spacial score (nSPS) is 10.8. The summed E-state index contributed by atoms with van der Waals surface area (Å²) in [5.74, 6) is 0.317. The first-order chi connectivity index (χ1) is 12.6. The van der Waals surface area contributed by atoms with E-state index in [1.807, 2.05) is 30.3 Å². The van der Waals surface area contributed by atoms with Crippen LogP contribution in [0.1, 0.15) is 6.92 Å². The zero-order valence-electron chi connectivity index (χ0n) is 13.8. The molecule has 0 bridgehead atoms. The molecule has 0 atom stereocenters. The van der Waals surface area contributed by atoms with Crippen LogP contribution in [0.5, 0.6) is 0 Å². The van der Waals surface area contributed by atoms with Gasteiger partial charge in [0.05, 0.1) is 16.7 Å². The van der Waals surface area contributed by atoms with Gasteiger partial charge in [-0.05, 0) is 36.4 Å². The van der Waals surface area contributed by atoms with Crippen LogP contribution in [-0.2, 0) is 4.79 Å². The van der Waals surface area contributed by atoms with Crippen LogP contribution in [0.2, 0.25) is 5.15 Å². The van der Waals surface area contributed by atoms with E-state index in [0.29, 0.717) is 11.0 Å². The number of fused-ring (bicyclic) bond motifs is 1. The Bertz CT molecular complexity index is 1100. The van der Waals surface area contributed by atoms with Crippen LogP contribution in [0.15, 0.2) is 55.0 Å². The van der Waals surface area contributed by atoms with Crippen LogP contribution in [-0.4, -0.2) is 25.8 Å². The Morgan fingerprint density at radius 1 is 1.08 bits per heavy atom. The minimum Gasteiger partial charge on any atom is -0.353 e. The minimum absolute atomic E-state index is 0.171. The maximum Gasteiger partial charge on any atom is 0.222 e. The zero-order chi connectivity index (χ0) is 18.1. The molecule has 0 aliphatic rings. The first kappa shape index (κ1) is 16.2. The lowest BCUT2D eigenvalue weighted by Crippen LogP contribution is -2.07. The van der Waals surface area contributed by atoms with Gasteiger partial charge in [0, 0.05) is 42.2 Å². The van der Waals surface area contributed by atoms with E-state index < -0.39 is 0 Å². The van der Waals surface area contributed by atoms with Crippen LogP contribution in [0.4, 0.5) is 5.82 Å². The fourth-order valence-corrected chi connectivity index (χ4v) is 2.99. The van der Waals surface area contributed by atoms with Crippen LogP contribution < -0.4 is 5.32 Å². The molecule has 4 rings (SSSR count). The number of rotatable bonds is 3. The summed E-state index contributed by atoms with van der Waals surface area (Å²) in [7, 11) is 0. The average molecular weight is 364 g/mol. The number of hydrogen-bond donors (Lipinski definition) is 2. The van der Waals surface area contributed by atoms with E-state index in [1.54, 1.807) is 24.7 Å². The lowest BCUT2D eigenvalue weighted by atomic mass is 10.0. The quantitative estimate of drug-likeness (QED) is 0.531. The van der Waals surface area contributed by atoms with Crippen molar-refractivity contribution in [3.63, 3.8) is 0 Å². The van der Waals surface area contributed by atoms with Gasteiger partial charge in [-0.3, -0.25) is 9.78 Å². The minimum atomic E-state index is -0.171. The smallest absolute Gasteiger partial charge is 0.222 e. The first-order valence-electron chi connectivity index (χ1n) is 7.94. The van der Waals surface area contributed by atoms with Gasteiger partial charge in [-0.2, -0.15) is 0 Å². The molecule has 0 saturated heterocycles. The molecule has 0 aliphatic heterocycles. The number of aromatic amines is 1. The van der Waals surface area contributed by atoms with E-state index in [2.05, 4.69) is 25.3 Å². The van der Waals surface area contributed by atoms with Crippen molar-refractivity contribution < 1.29 is 4.79 Å². The molecule has 0 saturated carbocycles. The molecule has 7 heteroatoms. The highest BCUT2D eigenvalue weighted by molar-refractivity contribution is 6.29. The summed E-state index contributed by atoms with van der Waals surface area (Å²) in [6.07, 6.45) is 5.13. The second-order valence-electron chi connectivity index (χ2n) is 5.76. The summed E-state index contributed by atoms with van der Waals surface area (Å²) < 4.78 is 0. The van der Waals surface area contributed by atoms with Crippen molar-refractivity contribution in [3.8, 4) is 22.4 Å². The predicted molar refractivity (Wildman–Crippen MR) is 102 cm³/mol. The molecule has 4 heterocycles. The Hall–Kier alpha value is -3.25. The molecular formula is C19H14ClN5O. The molecule has 0 aliphatic carbocycles. The number of amides is 1. The van der Waals surface area contributed by atoms with Gasteiger partial charge in [0.2, 0.25) is 5.91 Å². The van der Waals surface area contributed by atoms with Gasteiger partial charge in [0.15, 0.2) is 0 Å². The molecule has 4 aromatic heterocycles. The molecule has 4 aromatic rings. The third kappa shape index (κ3) is 3.02. The Balaban J connectivity index is 1.94. The summed E-state index contributed by atoms with van der Waals surface area (Å²) in [5.41, 5.74) is 5.32. The largest absolute Gasteiger partial charge is 0.353 e. The Kier molecular flexibility index (Phi) is 4.10. The molecule has 0 unspecified atom stereocenters. The molecule has 2 N–H and O–H groups in total. The van der Waals surface area contributed by atoms with Gasteiger partial charge in [-0.25, -0.2) is 9.97 Å². The molecule has 0 spiro atoms. The SMILES string of the molecule is CC(=O)Nc1cc(-c2[nH]c3cccnc3c2-c2ccc(Cl)nc2)ccn1. The Morgan fingerprint density at radius 3 is 2.73 bits per heavy atom. The summed E-state index contributed by atoms with van der Waals surface area (Å²) in [4.78, 5) is 27.6. The number of hydrogen-bond acceptors (Lipinski definition) is 4. The number of nitrogens with one attached hydrogen (secondary N) is 2. The molecule has 0 radical (unpaired) electrons. The van der Waals surface area contributed by atoms with Gasteiger partial charge >= 0.3 is 0 Å². The monoisotopic (exact) mass is 363 g/mol. The second kappa shape index (κ2) is 6.57.